The van der Waals surface area contributed by atoms with Gasteiger partial charge in [-0.15, -0.1) is 0 Å². The number of benzene rings is 1. The van der Waals surface area contributed by atoms with Crippen LogP contribution in [0.4, 0.5) is 0 Å². The molecule has 0 radical (unpaired) electrons. The molecule has 2 unspecified atom stereocenters. The minimum absolute atomic E-state index is 0.113. The standard InChI is InChI=1S/C21H25N3O3/c1-2-19-22-17(11-20(25)23-19)15-7-5-9-24(12-15)21(26)16-10-14-6-3-4-8-18(14)27-13-16/h3-4,6,8,11,15-16H,2,5,7,9-10,12-13H2,1H3,(H,22,23,25). The van der Waals surface area contributed by atoms with Crippen LogP contribution in [0.15, 0.2) is 35.1 Å². The number of amides is 1. The number of likely N-dealkylation sites (tertiary alicyclic amines) is 1. The highest BCUT2D eigenvalue weighted by atomic mass is 16.5. The molecule has 4 rings (SSSR count). The number of aromatic nitrogens is 2. The first kappa shape index (κ1) is 17.8. The van der Waals surface area contributed by atoms with Crippen LogP contribution < -0.4 is 10.3 Å². The Labute approximate surface area is 158 Å². The number of nitrogens with zero attached hydrogens (tertiary/aromatic N) is 2. The predicted octanol–water partition coefficient (Wildman–Crippen LogP) is 2.29. The van der Waals surface area contributed by atoms with E-state index in [4.69, 9.17) is 4.74 Å². The van der Waals surface area contributed by atoms with Gasteiger partial charge in [0.1, 0.15) is 18.2 Å². The summed E-state index contributed by atoms with van der Waals surface area (Å²) in [5.41, 5.74) is 1.79. The van der Waals surface area contributed by atoms with Crippen LogP contribution in [0.5, 0.6) is 5.75 Å². The number of piperidine rings is 1. The lowest BCUT2D eigenvalue weighted by molar-refractivity contribution is -0.138. The van der Waals surface area contributed by atoms with Gasteiger partial charge >= 0.3 is 0 Å². The Bertz CT molecular complexity index is 892. The summed E-state index contributed by atoms with van der Waals surface area (Å²) in [5, 5.41) is 0. The van der Waals surface area contributed by atoms with E-state index in [-0.39, 0.29) is 23.3 Å². The average Bonchev–Trinajstić information content (AvgIpc) is 2.72. The molecule has 2 aliphatic heterocycles. The van der Waals surface area contributed by atoms with Crippen molar-refractivity contribution in [2.75, 3.05) is 19.7 Å². The Hall–Kier alpha value is -2.63. The zero-order chi connectivity index (χ0) is 18.8. The van der Waals surface area contributed by atoms with Gasteiger partial charge < -0.3 is 14.6 Å². The third kappa shape index (κ3) is 3.75. The summed E-state index contributed by atoms with van der Waals surface area (Å²) in [6.07, 6.45) is 3.29. The topological polar surface area (TPSA) is 75.3 Å². The van der Waals surface area contributed by atoms with Crippen molar-refractivity contribution in [2.24, 2.45) is 5.92 Å². The lowest BCUT2D eigenvalue weighted by Crippen LogP contribution is -2.45. The van der Waals surface area contributed by atoms with Gasteiger partial charge in [0.15, 0.2) is 0 Å². The SMILES string of the molecule is CCc1nc(C2CCCN(C(=O)C3COc4ccccc4C3)C2)cc(=O)[nH]1. The first-order chi connectivity index (χ1) is 13.1. The molecule has 1 aromatic heterocycles. The smallest absolute Gasteiger partial charge is 0.251 e. The summed E-state index contributed by atoms with van der Waals surface area (Å²) in [7, 11) is 0. The van der Waals surface area contributed by atoms with E-state index in [1.165, 1.54) is 0 Å². The van der Waals surface area contributed by atoms with E-state index in [0.717, 1.165) is 42.8 Å². The number of fused-ring (bicyclic) bond motifs is 1. The molecule has 1 aromatic carbocycles. The molecule has 0 saturated carbocycles. The van der Waals surface area contributed by atoms with Gasteiger partial charge in [-0.25, -0.2) is 4.98 Å². The van der Waals surface area contributed by atoms with E-state index in [1.807, 2.05) is 36.1 Å². The lowest BCUT2D eigenvalue weighted by atomic mass is 9.91. The Kier molecular flexibility index (Phi) is 4.97. The van der Waals surface area contributed by atoms with Crippen LogP contribution in [0.1, 0.15) is 42.8 Å². The van der Waals surface area contributed by atoms with Crippen molar-refractivity contribution in [3.8, 4) is 5.75 Å². The van der Waals surface area contributed by atoms with Gasteiger partial charge in [0.2, 0.25) is 5.91 Å². The van der Waals surface area contributed by atoms with Crippen molar-refractivity contribution >= 4 is 5.91 Å². The minimum Gasteiger partial charge on any atom is -0.492 e. The second-order valence-electron chi connectivity index (χ2n) is 7.41. The monoisotopic (exact) mass is 367 g/mol. The molecule has 1 saturated heterocycles. The van der Waals surface area contributed by atoms with Crippen LogP contribution in [-0.4, -0.2) is 40.5 Å². The fourth-order valence-electron chi connectivity index (χ4n) is 4.07. The number of ether oxygens (including phenoxy) is 1. The van der Waals surface area contributed by atoms with Gasteiger partial charge in [-0.3, -0.25) is 9.59 Å². The Morgan fingerprint density at radius 1 is 1.37 bits per heavy atom. The zero-order valence-corrected chi connectivity index (χ0v) is 15.6. The maximum atomic E-state index is 13.1. The normalized spacial score (nSPS) is 22.0. The lowest BCUT2D eigenvalue weighted by Gasteiger charge is -2.36. The summed E-state index contributed by atoms with van der Waals surface area (Å²) in [6.45, 7) is 3.79. The highest BCUT2D eigenvalue weighted by Crippen LogP contribution is 2.30. The van der Waals surface area contributed by atoms with Gasteiger partial charge in [-0.2, -0.15) is 0 Å². The predicted molar refractivity (Wildman–Crippen MR) is 102 cm³/mol. The van der Waals surface area contributed by atoms with Crippen LogP contribution in [-0.2, 0) is 17.6 Å². The van der Waals surface area contributed by atoms with Crippen molar-refractivity contribution in [3.05, 3.63) is 57.8 Å². The molecule has 6 heteroatoms. The van der Waals surface area contributed by atoms with Crippen molar-refractivity contribution in [3.63, 3.8) is 0 Å². The summed E-state index contributed by atoms with van der Waals surface area (Å²) >= 11 is 0. The molecule has 1 fully saturated rings. The van der Waals surface area contributed by atoms with E-state index in [2.05, 4.69) is 9.97 Å². The fraction of sp³-hybridized carbons (Fsp3) is 0.476. The van der Waals surface area contributed by atoms with Gasteiger partial charge in [0.25, 0.3) is 5.56 Å². The molecule has 142 valence electrons. The number of aromatic amines is 1. The number of hydrogen-bond donors (Lipinski definition) is 1. The molecule has 0 aliphatic carbocycles. The Balaban J connectivity index is 1.48. The second-order valence-corrected chi connectivity index (χ2v) is 7.41. The number of hydrogen-bond acceptors (Lipinski definition) is 4. The first-order valence-electron chi connectivity index (χ1n) is 9.73. The van der Waals surface area contributed by atoms with Crippen LogP contribution >= 0.6 is 0 Å². The van der Waals surface area contributed by atoms with Crippen molar-refractivity contribution in [1.82, 2.24) is 14.9 Å². The van der Waals surface area contributed by atoms with E-state index < -0.39 is 0 Å². The zero-order valence-electron chi connectivity index (χ0n) is 15.6. The third-order valence-electron chi connectivity index (χ3n) is 5.52. The Morgan fingerprint density at radius 2 is 2.22 bits per heavy atom. The Morgan fingerprint density at radius 3 is 3.07 bits per heavy atom. The number of H-pyrrole nitrogens is 1. The van der Waals surface area contributed by atoms with Crippen LogP contribution in [0.3, 0.4) is 0 Å². The maximum Gasteiger partial charge on any atom is 0.251 e. The number of rotatable bonds is 3. The van der Waals surface area contributed by atoms with E-state index in [0.29, 0.717) is 25.4 Å². The fourth-order valence-corrected chi connectivity index (χ4v) is 4.07. The molecule has 2 atom stereocenters. The summed E-state index contributed by atoms with van der Waals surface area (Å²) in [5.74, 6) is 1.72. The van der Waals surface area contributed by atoms with E-state index in [1.54, 1.807) is 6.07 Å². The molecular weight excluding hydrogens is 342 g/mol. The molecule has 3 heterocycles. The van der Waals surface area contributed by atoms with E-state index in [9.17, 15) is 9.59 Å². The number of carbonyl (C=O) groups excluding carboxylic acids is 1. The molecule has 2 aromatic rings. The molecule has 6 nitrogen and oxygen atoms in total. The van der Waals surface area contributed by atoms with Crippen molar-refractivity contribution in [2.45, 2.75) is 38.5 Å². The number of para-hydroxylation sites is 1. The minimum atomic E-state index is -0.142. The van der Waals surface area contributed by atoms with Crippen LogP contribution in [0, 0.1) is 5.92 Å². The maximum absolute atomic E-state index is 13.1. The van der Waals surface area contributed by atoms with Crippen LogP contribution in [0.25, 0.3) is 0 Å². The third-order valence-corrected chi connectivity index (χ3v) is 5.52. The molecule has 1 N–H and O–H groups in total. The summed E-state index contributed by atoms with van der Waals surface area (Å²) < 4.78 is 5.80. The average molecular weight is 367 g/mol. The van der Waals surface area contributed by atoms with Crippen LogP contribution in [0.2, 0.25) is 0 Å². The van der Waals surface area contributed by atoms with Crippen molar-refractivity contribution in [1.29, 1.82) is 0 Å². The largest absolute Gasteiger partial charge is 0.492 e. The van der Waals surface area contributed by atoms with E-state index >= 15 is 0 Å². The highest BCUT2D eigenvalue weighted by molar-refractivity contribution is 5.80. The molecule has 1 amide bonds. The number of aryl methyl sites for hydroxylation is 1. The van der Waals surface area contributed by atoms with Gasteiger partial charge in [0.05, 0.1) is 11.6 Å². The molecule has 27 heavy (non-hydrogen) atoms. The summed E-state index contributed by atoms with van der Waals surface area (Å²) in [4.78, 5) is 34.3. The van der Waals surface area contributed by atoms with Gasteiger partial charge in [-0.05, 0) is 30.9 Å². The molecule has 0 bridgehead atoms. The molecular formula is C21H25N3O3. The summed E-state index contributed by atoms with van der Waals surface area (Å²) in [6, 6.07) is 9.50. The number of nitrogens with one attached hydrogen (secondary N) is 1. The highest BCUT2D eigenvalue weighted by Gasteiger charge is 2.33. The number of carbonyl (C=O) groups is 1. The molecule has 0 spiro atoms. The van der Waals surface area contributed by atoms with Gasteiger partial charge in [-0.1, -0.05) is 25.1 Å². The second kappa shape index (κ2) is 7.55. The van der Waals surface area contributed by atoms with Crippen molar-refractivity contribution < 1.29 is 9.53 Å². The van der Waals surface area contributed by atoms with Gasteiger partial charge in [0, 0.05) is 31.5 Å². The quantitative estimate of drug-likeness (QED) is 0.903. The molecule has 2 aliphatic rings. The first-order valence-corrected chi connectivity index (χ1v) is 9.73.